The van der Waals surface area contributed by atoms with Gasteiger partial charge in [-0.3, -0.25) is 0 Å². The van der Waals surface area contributed by atoms with Crippen LogP contribution in [0.25, 0.3) is 10.9 Å². The Morgan fingerprint density at radius 2 is 1.82 bits per heavy atom. The van der Waals surface area contributed by atoms with Crippen molar-refractivity contribution >= 4 is 33.5 Å². The van der Waals surface area contributed by atoms with Crippen molar-refractivity contribution in [3.05, 3.63) is 35.5 Å². The Morgan fingerprint density at radius 3 is 2.35 bits per heavy atom. The van der Waals surface area contributed by atoms with Crippen molar-refractivity contribution in [1.29, 1.82) is 0 Å². The van der Waals surface area contributed by atoms with Gasteiger partial charge in [0.1, 0.15) is 0 Å². The molecule has 0 aliphatic carbocycles. The van der Waals surface area contributed by atoms with Crippen molar-refractivity contribution in [3.63, 3.8) is 0 Å². The molecule has 1 heterocycles. The van der Waals surface area contributed by atoms with Crippen molar-refractivity contribution in [2.24, 2.45) is 7.05 Å². The normalized spacial score (nSPS) is 10.5. The average molecular weight is 344 g/mol. The number of nitrogens with zero attached hydrogens (tertiary/aromatic N) is 2. The van der Waals surface area contributed by atoms with Crippen LogP contribution >= 0.6 is 22.6 Å². The predicted molar refractivity (Wildman–Crippen MR) is 85.0 cm³/mol. The Bertz CT molecular complexity index is 483. The van der Waals surface area contributed by atoms with Gasteiger partial charge in [0.2, 0.25) is 0 Å². The molecule has 1 aromatic carbocycles. The second-order valence-electron chi connectivity index (χ2n) is 4.71. The maximum Gasteiger partial charge on any atom is 0.0483 e. The zero-order chi connectivity index (χ0) is 13.0. The molecule has 0 unspecified atom stereocenters. The highest BCUT2D eigenvalue weighted by Crippen LogP contribution is 2.25. The molecular weight excluding hydrogens is 323 g/mol. The highest BCUT2D eigenvalue weighted by atomic mass is 127. The van der Waals surface area contributed by atoms with Crippen LogP contribution in [0.2, 0.25) is 0 Å². The number of aromatic nitrogens is 1. The zero-order valence-corrected chi connectivity index (χ0v) is 13.4. The minimum atomic E-state index is 1.08. The van der Waals surface area contributed by atoms with Gasteiger partial charge in [0, 0.05) is 28.6 Å². The number of alkyl halides is 1. The minimum absolute atomic E-state index is 1.08. The van der Waals surface area contributed by atoms with Crippen LogP contribution in [0.1, 0.15) is 11.1 Å². The summed E-state index contributed by atoms with van der Waals surface area (Å²) in [4.78, 5) is 2.00. The van der Waals surface area contributed by atoms with E-state index in [0.717, 1.165) is 4.43 Å². The second-order valence-corrected chi connectivity index (χ2v) is 5.47. The van der Waals surface area contributed by atoms with E-state index in [2.05, 4.69) is 65.5 Å². The summed E-state index contributed by atoms with van der Waals surface area (Å²) in [7, 11) is 8.11. The van der Waals surface area contributed by atoms with Gasteiger partial charge in [0.15, 0.2) is 0 Å². The van der Waals surface area contributed by atoms with Gasteiger partial charge in [-0.25, -0.2) is 0 Å². The number of halogens is 1. The molecule has 0 atom stereocenters. The van der Waals surface area contributed by atoms with Gasteiger partial charge in [-0.15, -0.1) is 0 Å². The maximum absolute atomic E-state index is 2.42. The summed E-state index contributed by atoms with van der Waals surface area (Å²) >= 11 is 2.42. The van der Waals surface area contributed by atoms with Gasteiger partial charge in [0.25, 0.3) is 0 Å². The molecule has 0 fully saturated rings. The van der Waals surface area contributed by atoms with Gasteiger partial charge >= 0.3 is 0 Å². The van der Waals surface area contributed by atoms with Crippen LogP contribution in [0.4, 0.5) is 0 Å². The lowest BCUT2D eigenvalue weighted by atomic mass is 10.1. The largest absolute Gasteiger partial charge is 0.350 e. The summed E-state index contributed by atoms with van der Waals surface area (Å²) in [6.45, 7) is 2.18. The summed E-state index contributed by atoms with van der Waals surface area (Å²) in [6, 6.07) is 6.48. The van der Waals surface area contributed by atoms with E-state index >= 15 is 0 Å². The SMILES string of the molecule is CN(C)C.Cc1cccc2c1c(CI)cn2C. The molecule has 94 valence electrons. The zero-order valence-electron chi connectivity index (χ0n) is 11.3. The Labute approximate surface area is 118 Å². The highest BCUT2D eigenvalue weighted by Gasteiger charge is 2.06. The van der Waals surface area contributed by atoms with Crippen LogP contribution in [0.5, 0.6) is 0 Å². The first-order chi connectivity index (χ1) is 7.97. The molecule has 2 nitrogen and oxygen atoms in total. The summed E-state index contributed by atoms with van der Waals surface area (Å²) < 4.78 is 3.29. The van der Waals surface area contributed by atoms with Gasteiger partial charge in [-0.1, -0.05) is 34.7 Å². The molecule has 0 aliphatic heterocycles. The van der Waals surface area contributed by atoms with Crippen LogP contribution < -0.4 is 0 Å². The molecule has 1 aromatic heterocycles. The van der Waals surface area contributed by atoms with Crippen LogP contribution in [-0.2, 0) is 11.5 Å². The molecule has 0 bridgehead atoms. The smallest absolute Gasteiger partial charge is 0.0483 e. The standard InChI is InChI=1S/C11H12IN.C3H9N/c1-8-4-3-5-10-11(8)9(6-12)7-13(10)2;1-4(2)3/h3-5,7H,6H2,1-2H3;1-3H3. The second kappa shape index (κ2) is 6.40. The minimum Gasteiger partial charge on any atom is -0.350 e. The fraction of sp³-hybridized carbons (Fsp3) is 0.429. The van der Waals surface area contributed by atoms with E-state index in [1.54, 1.807) is 0 Å². The molecule has 2 aromatic rings. The molecule has 2 rings (SSSR count). The molecule has 0 saturated heterocycles. The van der Waals surface area contributed by atoms with E-state index in [-0.39, 0.29) is 0 Å². The predicted octanol–water partition coefficient (Wildman–Crippen LogP) is 3.60. The molecule has 17 heavy (non-hydrogen) atoms. The van der Waals surface area contributed by atoms with Crippen LogP contribution in [0, 0.1) is 6.92 Å². The van der Waals surface area contributed by atoms with E-state index in [4.69, 9.17) is 0 Å². The van der Waals surface area contributed by atoms with Gasteiger partial charge in [-0.05, 0) is 45.3 Å². The third-order valence-electron chi connectivity index (χ3n) is 2.45. The lowest BCUT2D eigenvalue weighted by molar-refractivity contribution is 0.505. The van der Waals surface area contributed by atoms with Crippen LogP contribution in [0.15, 0.2) is 24.4 Å². The summed E-state index contributed by atoms with van der Waals surface area (Å²) in [5, 5.41) is 1.43. The number of hydrogen-bond donors (Lipinski definition) is 0. The third-order valence-corrected chi connectivity index (χ3v) is 3.27. The van der Waals surface area contributed by atoms with Crippen molar-refractivity contribution in [1.82, 2.24) is 9.47 Å². The van der Waals surface area contributed by atoms with E-state index in [0.29, 0.717) is 0 Å². The van der Waals surface area contributed by atoms with Gasteiger partial charge in [0.05, 0.1) is 0 Å². The molecule has 0 amide bonds. The third kappa shape index (κ3) is 3.71. The number of benzene rings is 1. The summed E-state index contributed by atoms with van der Waals surface area (Å²) in [5.41, 5.74) is 4.16. The topological polar surface area (TPSA) is 8.17 Å². The van der Waals surface area contributed by atoms with E-state index in [1.807, 2.05) is 26.0 Å². The average Bonchev–Trinajstić information content (AvgIpc) is 2.56. The number of aryl methyl sites for hydroxylation is 2. The van der Waals surface area contributed by atoms with Crippen LogP contribution in [-0.4, -0.2) is 30.6 Å². The Morgan fingerprint density at radius 1 is 1.24 bits per heavy atom. The molecule has 0 saturated carbocycles. The summed E-state index contributed by atoms with van der Waals surface area (Å²) in [5.74, 6) is 0. The quantitative estimate of drug-likeness (QED) is 0.567. The molecule has 3 heteroatoms. The van der Waals surface area contributed by atoms with E-state index in [1.165, 1.54) is 22.0 Å². The molecule has 0 N–H and O–H groups in total. The first kappa shape index (κ1) is 14.5. The molecule has 0 aliphatic rings. The molecule has 0 spiro atoms. The van der Waals surface area contributed by atoms with Crippen molar-refractivity contribution in [2.75, 3.05) is 21.1 Å². The Hall–Kier alpha value is -0.550. The molecule has 0 radical (unpaired) electrons. The Balaban J connectivity index is 0.000000317. The first-order valence-electron chi connectivity index (χ1n) is 5.67. The monoisotopic (exact) mass is 344 g/mol. The lowest BCUT2D eigenvalue weighted by Gasteiger charge is -1.98. The maximum atomic E-state index is 2.42. The first-order valence-corrected chi connectivity index (χ1v) is 7.20. The van der Waals surface area contributed by atoms with Gasteiger partial charge in [-0.2, -0.15) is 0 Å². The van der Waals surface area contributed by atoms with E-state index < -0.39 is 0 Å². The number of rotatable bonds is 1. The highest BCUT2D eigenvalue weighted by molar-refractivity contribution is 14.1. The fourth-order valence-electron chi connectivity index (χ4n) is 1.83. The number of hydrogen-bond acceptors (Lipinski definition) is 1. The van der Waals surface area contributed by atoms with Crippen LogP contribution in [0.3, 0.4) is 0 Å². The molecular formula is C14H21IN2. The van der Waals surface area contributed by atoms with Gasteiger partial charge < -0.3 is 9.47 Å². The number of fused-ring (bicyclic) bond motifs is 1. The van der Waals surface area contributed by atoms with E-state index in [9.17, 15) is 0 Å². The summed E-state index contributed by atoms with van der Waals surface area (Å²) in [6.07, 6.45) is 2.23. The fourth-order valence-corrected chi connectivity index (χ4v) is 2.41. The van der Waals surface area contributed by atoms with Crippen molar-refractivity contribution in [2.45, 2.75) is 11.4 Å². The Kier molecular flexibility index (Phi) is 5.46. The van der Waals surface area contributed by atoms with Crippen molar-refractivity contribution < 1.29 is 0 Å². The van der Waals surface area contributed by atoms with Crippen molar-refractivity contribution in [3.8, 4) is 0 Å². The lowest BCUT2D eigenvalue weighted by Crippen LogP contribution is -1.99.